The van der Waals surface area contributed by atoms with Gasteiger partial charge in [0.2, 0.25) is 5.91 Å². The van der Waals surface area contributed by atoms with Crippen molar-refractivity contribution in [3.8, 4) is 11.1 Å². The van der Waals surface area contributed by atoms with Gasteiger partial charge in [-0.3, -0.25) is 15.0 Å². The molecule has 0 spiro atoms. The lowest BCUT2D eigenvalue weighted by atomic mass is 9.92. The molecule has 34 heavy (non-hydrogen) atoms. The first-order valence-corrected chi connectivity index (χ1v) is 12.3. The molecule has 1 aliphatic heterocycles. The lowest BCUT2D eigenvalue weighted by Gasteiger charge is -2.22. The van der Waals surface area contributed by atoms with Gasteiger partial charge in [-0.25, -0.2) is 14.8 Å². The average Bonchev–Trinajstić information content (AvgIpc) is 3.39. The van der Waals surface area contributed by atoms with Crippen molar-refractivity contribution < 1.29 is 14.4 Å². The summed E-state index contributed by atoms with van der Waals surface area (Å²) in [6.45, 7) is 1.61. The Bertz CT molecular complexity index is 1390. The Morgan fingerprint density at radius 3 is 2.53 bits per heavy atom. The van der Waals surface area contributed by atoms with Crippen molar-refractivity contribution in [2.75, 3.05) is 5.75 Å². The predicted octanol–water partition coefficient (Wildman–Crippen LogP) is 3.95. The maximum absolute atomic E-state index is 13.0. The summed E-state index contributed by atoms with van der Waals surface area (Å²) in [6.07, 6.45) is 1.47. The molecule has 0 aliphatic carbocycles. The van der Waals surface area contributed by atoms with Crippen molar-refractivity contribution >= 4 is 51.2 Å². The maximum atomic E-state index is 13.0. The second kappa shape index (κ2) is 8.88. The Morgan fingerprint density at radius 1 is 1.09 bits per heavy atom. The van der Waals surface area contributed by atoms with Crippen molar-refractivity contribution in [2.24, 2.45) is 0 Å². The van der Waals surface area contributed by atoms with E-state index in [2.05, 4.69) is 20.7 Å². The van der Waals surface area contributed by atoms with Gasteiger partial charge in [-0.05, 0) is 18.1 Å². The molecular weight excluding hydrogens is 470 g/mol. The van der Waals surface area contributed by atoms with Crippen LogP contribution in [-0.4, -0.2) is 38.6 Å². The third kappa shape index (κ3) is 3.91. The molecular formula is C24H19N5O3S2. The molecule has 0 saturated carbocycles. The zero-order valence-corrected chi connectivity index (χ0v) is 19.7. The van der Waals surface area contributed by atoms with Gasteiger partial charge in [0, 0.05) is 10.9 Å². The number of hydrogen-bond donors (Lipinski definition) is 2. The maximum Gasteiger partial charge on any atom is 0.344 e. The molecule has 4 aromatic rings. The highest BCUT2D eigenvalue weighted by atomic mass is 32.2. The number of nitrogens with zero attached hydrogens (tertiary/aromatic N) is 3. The molecule has 2 aromatic heterocycles. The number of thioether (sulfide) groups is 1. The number of rotatable bonds is 6. The van der Waals surface area contributed by atoms with Crippen molar-refractivity contribution in [1.29, 1.82) is 0 Å². The summed E-state index contributed by atoms with van der Waals surface area (Å²) in [5.74, 6) is -1.07. The van der Waals surface area contributed by atoms with Gasteiger partial charge in [0.1, 0.15) is 21.7 Å². The lowest BCUT2D eigenvalue weighted by Crippen LogP contribution is -2.48. The fraction of sp³-hybridized carbons (Fsp3) is 0.125. The van der Waals surface area contributed by atoms with Gasteiger partial charge in [-0.2, -0.15) is 5.01 Å². The van der Waals surface area contributed by atoms with Crippen LogP contribution in [0, 0.1) is 0 Å². The van der Waals surface area contributed by atoms with Gasteiger partial charge in [0.25, 0.3) is 5.91 Å². The van der Waals surface area contributed by atoms with Crippen molar-refractivity contribution in [2.45, 2.75) is 17.5 Å². The number of benzene rings is 2. The van der Waals surface area contributed by atoms with Crippen molar-refractivity contribution in [3.63, 3.8) is 0 Å². The summed E-state index contributed by atoms with van der Waals surface area (Å²) in [5.41, 5.74) is 3.85. The summed E-state index contributed by atoms with van der Waals surface area (Å²) in [5, 5.41) is 6.97. The molecule has 1 aliphatic rings. The number of urea groups is 1. The summed E-state index contributed by atoms with van der Waals surface area (Å²) < 4.78 is 0. The van der Waals surface area contributed by atoms with Crippen molar-refractivity contribution in [3.05, 3.63) is 77.9 Å². The molecule has 1 atom stereocenters. The van der Waals surface area contributed by atoms with Gasteiger partial charge in [0.05, 0.1) is 11.1 Å². The molecule has 5 rings (SSSR count). The molecule has 2 aromatic carbocycles. The fourth-order valence-corrected chi connectivity index (χ4v) is 5.57. The molecule has 170 valence electrons. The Labute approximate surface area is 203 Å². The minimum atomic E-state index is -1.25. The number of hydrogen-bond acceptors (Lipinski definition) is 7. The first-order chi connectivity index (χ1) is 16.5. The Hall–Kier alpha value is -3.76. The molecule has 4 amide bonds. The molecule has 0 unspecified atom stereocenters. The van der Waals surface area contributed by atoms with Gasteiger partial charge in [-0.1, -0.05) is 72.4 Å². The van der Waals surface area contributed by atoms with E-state index >= 15 is 0 Å². The Morgan fingerprint density at radius 2 is 1.79 bits per heavy atom. The van der Waals surface area contributed by atoms with Gasteiger partial charge >= 0.3 is 6.03 Å². The SMILES string of the molecule is C[C@@]1(c2ccccc2)NC(=O)N(NC(=O)CSc2ncnc3scc(-c4ccccc4)c23)C1=O. The molecule has 1 saturated heterocycles. The monoisotopic (exact) mass is 489 g/mol. The van der Waals surface area contributed by atoms with Crippen molar-refractivity contribution in [1.82, 2.24) is 25.7 Å². The van der Waals surface area contributed by atoms with Crippen LogP contribution in [0.4, 0.5) is 4.79 Å². The minimum absolute atomic E-state index is 0.0324. The first kappa shape index (κ1) is 22.1. The van der Waals surface area contributed by atoms with Gasteiger partial charge in [-0.15, -0.1) is 11.3 Å². The number of carbonyl (C=O) groups excluding carboxylic acids is 3. The number of fused-ring (bicyclic) bond motifs is 1. The van der Waals surface area contributed by atoms with Crippen LogP contribution in [0.2, 0.25) is 0 Å². The van der Waals surface area contributed by atoms with E-state index in [-0.39, 0.29) is 5.75 Å². The third-order valence-corrected chi connectivity index (χ3v) is 7.41. The third-order valence-electron chi connectivity index (χ3n) is 5.54. The number of nitrogens with one attached hydrogen (secondary N) is 2. The number of aromatic nitrogens is 2. The highest BCUT2D eigenvalue weighted by Gasteiger charge is 2.49. The zero-order chi connectivity index (χ0) is 23.7. The Balaban J connectivity index is 1.32. The molecule has 1 fully saturated rings. The number of hydrazine groups is 1. The highest BCUT2D eigenvalue weighted by Crippen LogP contribution is 2.37. The highest BCUT2D eigenvalue weighted by molar-refractivity contribution is 8.00. The Kier molecular flexibility index (Phi) is 5.76. The number of imide groups is 1. The zero-order valence-electron chi connectivity index (χ0n) is 18.0. The minimum Gasteiger partial charge on any atom is -0.318 e. The van der Waals surface area contributed by atoms with E-state index in [1.165, 1.54) is 29.4 Å². The normalized spacial score (nSPS) is 17.7. The fourth-order valence-electron chi connectivity index (χ4n) is 3.79. The molecule has 3 heterocycles. The van der Waals surface area contributed by atoms with E-state index < -0.39 is 23.4 Å². The van der Waals surface area contributed by atoms with Crippen LogP contribution < -0.4 is 10.7 Å². The van der Waals surface area contributed by atoms with Gasteiger partial charge < -0.3 is 5.32 Å². The van der Waals surface area contributed by atoms with E-state index in [0.717, 1.165) is 26.4 Å². The van der Waals surface area contributed by atoms with Crippen LogP contribution in [0.15, 0.2) is 77.4 Å². The molecule has 0 radical (unpaired) electrons. The number of amides is 4. The molecule has 0 bridgehead atoms. The van der Waals surface area contributed by atoms with Crippen LogP contribution in [-0.2, 0) is 15.1 Å². The van der Waals surface area contributed by atoms with E-state index in [0.29, 0.717) is 10.6 Å². The topological polar surface area (TPSA) is 104 Å². The predicted molar refractivity (Wildman–Crippen MR) is 131 cm³/mol. The molecule has 10 heteroatoms. The largest absolute Gasteiger partial charge is 0.344 e. The molecule has 2 N–H and O–H groups in total. The van der Waals surface area contributed by atoms with Crippen LogP contribution in [0.25, 0.3) is 21.3 Å². The van der Waals surface area contributed by atoms with Crippen LogP contribution in [0.5, 0.6) is 0 Å². The average molecular weight is 490 g/mol. The smallest absolute Gasteiger partial charge is 0.318 e. The van der Waals surface area contributed by atoms with E-state index in [4.69, 9.17) is 0 Å². The summed E-state index contributed by atoms with van der Waals surface area (Å²) in [7, 11) is 0. The van der Waals surface area contributed by atoms with Crippen LogP contribution in [0.3, 0.4) is 0 Å². The van der Waals surface area contributed by atoms with E-state index in [1.54, 1.807) is 31.2 Å². The van der Waals surface area contributed by atoms with Crippen LogP contribution in [0.1, 0.15) is 12.5 Å². The molecule has 8 nitrogen and oxygen atoms in total. The van der Waals surface area contributed by atoms with E-state index in [9.17, 15) is 14.4 Å². The van der Waals surface area contributed by atoms with Crippen LogP contribution >= 0.6 is 23.1 Å². The number of carbonyl (C=O) groups is 3. The number of thiophene rings is 1. The summed E-state index contributed by atoms with van der Waals surface area (Å²) in [6, 6.07) is 18.1. The quantitative estimate of drug-likeness (QED) is 0.241. The standard InChI is InChI=1S/C24H19N5O3S2/c1-24(16-10-6-3-7-11-16)22(31)29(23(32)27-24)28-18(30)13-34-21-19-17(15-8-4-2-5-9-15)12-33-20(19)25-14-26-21/h2-12,14H,13H2,1H3,(H,27,32)(H,28,30)/t24-/m0/s1. The van der Waals surface area contributed by atoms with Gasteiger partial charge in [0.15, 0.2) is 0 Å². The summed E-state index contributed by atoms with van der Waals surface area (Å²) in [4.78, 5) is 47.7. The second-order valence-corrected chi connectivity index (χ2v) is 9.58. The second-order valence-electron chi connectivity index (χ2n) is 7.76. The first-order valence-electron chi connectivity index (χ1n) is 10.4. The lowest BCUT2D eigenvalue weighted by molar-refractivity contribution is -0.138. The van der Waals surface area contributed by atoms with E-state index in [1.807, 2.05) is 41.8 Å². The summed E-state index contributed by atoms with van der Waals surface area (Å²) >= 11 is 2.74.